The topological polar surface area (TPSA) is 118 Å². The summed E-state index contributed by atoms with van der Waals surface area (Å²) in [7, 11) is 0. The number of hydrogen-bond acceptors (Lipinski definition) is 10. The zero-order valence-electron chi connectivity index (χ0n) is 34.0. The van der Waals surface area contributed by atoms with E-state index in [1.807, 2.05) is 0 Å². The van der Waals surface area contributed by atoms with Crippen LogP contribution in [0.2, 0.25) is 0 Å². The van der Waals surface area contributed by atoms with E-state index in [4.69, 9.17) is 23.7 Å². The van der Waals surface area contributed by atoms with Crippen LogP contribution < -0.4 is 0 Å². The minimum atomic E-state index is -0.544. The van der Waals surface area contributed by atoms with Crippen molar-refractivity contribution >= 4 is 24.1 Å². The van der Waals surface area contributed by atoms with Gasteiger partial charge in [-0.2, -0.15) is 0 Å². The van der Waals surface area contributed by atoms with E-state index in [1.54, 1.807) is 0 Å². The quantitative estimate of drug-likeness (QED) is 0.0344. The molecule has 0 fully saturated rings. The van der Waals surface area contributed by atoms with Crippen LogP contribution in [0, 0.1) is 5.92 Å². The molecular formula is C42H79NO9. The number of carbonyl (C=O) groups is 4. The second-order valence-corrected chi connectivity index (χ2v) is 14.3. The van der Waals surface area contributed by atoms with E-state index in [-0.39, 0.29) is 43.6 Å². The molecule has 52 heavy (non-hydrogen) atoms. The molecular weight excluding hydrogens is 662 g/mol. The predicted molar refractivity (Wildman–Crippen MR) is 208 cm³/mol. The Labute approximate surface area is 318 Å². The third-order valence-electron chi connectivity index (χ3n) is 9.27. The summed E-state index contributed by atoms with van der Waals surface area (Å²) in [5.41, 5.74) is 0. The molecule has 0 aromatic rings. The molecule has 0 aliphatic heterocycles. The fourth-order valence-electron chi connectivity index (χ4n) is 5.80. The van der Waals surface area contributed by atoms with Crippen molar-refractivity contribution < 1.29 is 42.9 Å². The zero-order valence-corrected chi connectivity index (χ0v) is 34.0. The van der Waals surface area contributed by atoms with E-state index in [0.717, 1.165) is 129 Å². The molecule has 0 saturated carbocycles. The monoisotopic (exact) mass is 742 g/mol. The summed E-state index contributed by atoms with van der Waals surface area (Å²) in [5, 5.41) is 0. The van der Waals surface area contributed by atoms with E-state index < -0.39 is 6.16 Å². The van der Waals surface area contributed by atoms with E-state index in [9.17, 15) is 19.2 Å². The lowest BCUT2D eigenvalue weighted by molar-refractivity contribution is -0.153. The van der Waals surface area contributed by atoms with Crippen molar-refractivity contribution in [2.24, 2.45) is 5.92 Å². The zero-order chi connectivity index (χ0) is 38.3. The number of nitrogens with zero attached hydrogens (tertiary/aromatic N) is 1. The normalized spacial score (nSPS) is 11.2. The SMILES string of the molecule is CCCCCCCCCOC(=O)OCCCCCCN(CC)CCCCCC(=O)OCC(COC(=O)CCCCCC)COC(=O)CCCCCC. The second kappa shape index (κ2) is 38.4. The van der Waals surface area contributed by atoms with Gasteiger partial charge in [-0.05, 0) is 64.6 Å². The molecule has 10 nitrogen and oxygen atoms in total. The number of carbonyl (C=O) groups excluding carboxylic acids is 4. The molecule has 10 heteroatoms. The maximum Gasteiger partial charge on any atom is 0.508 e. The lowest BCUT2D eigenvalue weighted by Crippen LogP contribution is -2.26. The van der Waals surface area contributed by atoms with Gasteiger partial charge in [0.1, 0.15) is 19.8 Å². The summed E-state index contributed by atoms with van der Waals surface area (Å²) in [6, 6.07) is 0. The van der Waals surface area contributed by atoms with Gasteiger partial charge >= 0.3 is 24.1 Å². The number of rotatable bonds is 38. The summed E-state index contributed by atoms with van der Waals surface area (Å²) < 4.78 is 26.8. The first-order valence-corrected chi connectivity index (χ1v) is 21.3. The molecule has 0 N–H and O–H groups in total. The Morgan fingerprint density at radius 3 is 1.12 bits per heavy atom. The van der Waals surface area contributed by atoms with E-state index in [1.165, 1.54) is 32.1 Å². The Hall–Kier alpha value is -2.36. The number of hydrogen-bond donors (Lipinski definition) is 0. The van der Waals surface area contributed by atoms with Gasteiger partial charge in [0, 0.05) is 19.3 Å². The fraction of sp³-hybridized carbons (Fsp3) is 0.905. The molecule has 0 amide bonds. The third kappa shape index (κ3) is 34.7. The standard InChI is InChI=1S/C42H79NO9/c1-5-9-12-15-16-18-26-33-48-42(47)49-34-27-19-17-24-31-43(8-4)32-25-20-23-30-41(46)52-37-38(35-50-39(44)28-21-13-10-6-2)36-51-40(45)29-22-14-11-7-3/h38H,5-37H2,1-4H3. The van der Waals surface area contributed by atoms with Crippen molar-refractivity contribution in [3.8, 4) is 0 Å². The highest BCUT2D eigenvalue weighted by atomic mass is 16.7. The van der Waals surface area contributed by atoms with Crippen molar-refractivity contribution in [2.45, 2.75) is 188 Å². The third-order valence-corrected chi connectivity index (χ3v) is 9.27. The van der Waals surface area contributed by atoms with E-state index in [0.29, 0.717) is 32.5 Å². The van der Waals surface area contributed by atoms with Crippen LogP contribution in [0.5, 0.6) is 0 Å². The predicted octanol–water partition coefficient (Wildman–Crippen LogP) is 10.5. The first-order valence-electron chi connectivity index (χ1n) is 21.3. The first kappa shape index (κ1) is 49.6. The van der Waals surface area contributed by atoms with Gasteiger partial charge in [0.15, 0.2) is 0 Å². The van der Waals surface area contributed by atoms with Gasteiger partial charge in [-0.3, -0.25) is 14.4 Å². The summed E-state index contributed by atoms with van der Waals surface area (Å²) in [4.78, 5) is 51.1. The van der Waals surface area contributed by atoms with Gasteiger partial charge in [0.2, 0.25) is 0 Å². The molecule has 0 saturated heterocycles. The van der Waals surface area contributed by atoms with Crippen LogP contribution >= 0.6 is 0 Å². The number of unbranched alkanes of at least 4 members (excludes halogenated alkanes) is 17. The van der Waals surface area contributed by atoms with Crippen LogP contribution in [0.3, 0.4) is 0 Å². The van der Waals surface area contributed by atoms with Crippen LogP contribution in [0.4, 0.5) is 4.79 Å². The number of esters is 3. The van der Waals surface area contributed by atoms with Crippen LogP contribution in [-0.2, 0) is 38.1 Å². The first-order chi connectivity index (χ1) is 25.4. The lowest BCUT2D eigenvalue weighted by atomic mass is 10.1. The largest absolute Gasteiger partial charge is 0.508 e. The average molecular weight is 742 g/mol. The van der Waals surface area contributed by atoms with Crippen LogP contribution in [0.15, 0.2) is 0 Å². The van der Waals surface area contributed by atoms with Crippen molar-refractivity contribution in [3.05, 3.63) is 0 Å². The maximum absolute atomic E-state index is 12.5. The minimum absolute atomic E-state index is 0.0597. The van der Waals surface area contributed by atoms with Gasteiger partial charge in [-0.1, -0.05) is 124 Å². The van der Waals surface area contributed by atoms with E-state index in [2.05, 4.69) is 32.6 Å². The Balaban J connectivity index is 4.11. The van der Waals surface area contributed by atoms with Crippen LogP contribution in [0.1, 0.15) is 188 Å². The molecule has 306 valence electrons. The van der Waals surface area contributed by atoms with E-state index >= 15 is 0 Å². The van der Waals surface area contributed by atoms with Crippen LogP contribution in [0.25, 0.3) is 0 Å². The summed E-state index contributed by atoms with van der Waals surface area (Å²) in [6.45, 7) is 12.7. The summed E-state index contributed by atoms with van der Waals surface area (Å²) in [5.74, 6) is -1.19. The van der Waals surface area contributed by atoms with Gasteiger partial charge in [-0.15, -0.1) is 0 Å². The maximum atomic E-state index is 12.5. The van der Waals surface area contributed by atoms with Crippen molar-refractivity contribution in [1.82, 2.24) is 4.90 Å². The molecule has 0 radical (unpaired) electrons. The van der Waals surface area contributed by atoms with Gasteiger partial charge in [-0.25, -0.2) is 4.79 Å². The average Bonchev–Trinajstić information content (AvgIpc) is 3.14. The minimum Gasteiger partial charge on any atom is -0.465 e. The Morgan fingerprint density at radius 2 is 0.731 bits per heavy atom. The highest BCUT2D eigenvalue weighted by molar-refractivity contribution is 5.70. The van der Waals surface area contributed by atoms with Gasteiger partial charge in [0.05, 0.1) is 19.1 Å². The van der Waals surface area contributed by atoms with Gasteiger partial charge < -0.3 is 28.6 Å². The summed E-state index contributed by atoms with van der Waals surface area (Å²) >= 11 is 0. The molecule has 0 atom stereocenters. The molecule has 0 rings (SSSR count). The van der Waals surface area contributed by atoms with Crippen molar-refractivity contribution in [1.29, 1.82) is 0 Å². The molecule has 0 aromatic carbocycles. The molecule has 0 aliphatic carbocycles. The van der Waals surface area contributed by atoms with Crippen LogP contribution in [-0.4, -0.2) is 81.6 Å². The lowest BCUT2D eigenvalue weighted by Gasteiger charge is -2.20. The molecule has 0 spiro atoms. The molecule has 0 unspecified atom stereocenters. The number of ether oxygens (including phenoxy) is 5. The van der Waals surface area contributed by atoms with Crippen molar-refractivity contribution in [2.75, 3.05) is 52.7 Å². The Morgan fingerprint density at radius 1 is 0.404 bits per heavy atom. The van der Waals surface area contributed by atoms with Gasteiger partial charge in [0.25, 0.3) is 0 Å². The highest BCUT2D eigenvalue weighted by Crippen LogP contribution is 2.11. The van der Waals surface area contributed by atoms with Crippen molar-refractivity contribution in [3.63, 3.8) is 0 Å². The molecule has 0 aliphatic rings. The smallest absolute Gasteiger partial charge is 0.465 e. The molecule has 0 aromatic heterocycles. The molecule has 0 bridgehead atoms. The Bertz CT molecular complexity index is 825. The Kier molecular flexibility index (Phi) is 36.6. The second-order valence-electron chi connectivity index (χ2n) is 14.3. The summed E-state index contributed by atoms with van der Waals surface area (Å²) in [6.07, 6.45) is 23.6. The molecule has 0 heterocycles. The fourth-order valence-corrected chi connectivity index (χ4v) is 5.80. The highest BCUT2D eigenvalue weighted by Gasteiger charge is 2.18.